The Morgan fingerprint density at radius 3 is 3.04 bits per heavy atom. The highest BCUT2D eigenvalue weighted by Crippen LogP contribution is 2.53. The normalized spacial score (nSPS) is 36.6. The summed E-state index contributed by atoms with van der Waals surface area (Å²) in [6.07, 6.45) is 3.82. The van der Waals surface area contributed by atoms with Crippen LogP contribution in [0.1, 0.15) is 13.3 Å². The fourth-order valence-electron chi connectivity index (χ4n) is 4.34. The third kappa shape index (κ3) is 2.15. The average molecular weight is 338 g/mol. The highest BCUT2D eigenvalue weighted by Gasteiger charge is 2.62. The summed E-state index contributed by atoms with van der Waals surface area (Å²) in [6, 6.07) is 0.207. The van der Waals surface area contributed by atoms with E-state index in [1.807, 2.05) is 19.6 Å². The van der Waals surface area contributed by atoms with Crippen LogP contribution in [-0.4, -0.2) is 61.3 Å². The lowest BCUT2D eigenvalue weighted by atomic mass is 9.82. The van der Waals surface area contributed by atoms with E-state index in [-0.39, 0.29) is 18.1 Å². The first-order valence-electron chi connectivity index (χ1n) is 7.97. The largest absolute Gasteiger partial charge is 0.478 e. The van der Waals surface area contributed by atoms with Crippen molar-refractivity contribution in [1.29, 1.82) is 0 Å². The molecular weight excluding hydrogens is 316 g/mol. The van der Waals surface area contributed by atoms with Crippen molar-refractivity contribution in [3.05, 3.63) is 23.3 Å². The molecule has 23 heavy (non-hydrogen) atoms. The van der Waals surface area contributed by atoms with Crippen LogP contribution in [0.25, 0.3) is 0 Å². The van der Waals surface area contributed by atoms with Crippen LogP contribution in [0, 0.1) is 5.92 Å². The number of hydrogen-bond acceptors (Lipinski definition) is 4. The number of rotatable bonds is 4. The van der Waals surface area contributed by atoms with Crippen LogP contribution in [0.3, 0.4) is 0 Å². The Morgan fingerprint density at radius 2 is 2.39 bits per heavy atom. The van der Waals surface area contributed by atoms with Crippen LogP contribution in [0.5, 0.6) is 0 Å². The predicted octanol–water partition coefficient (Wildman–Crippen LogP) is -0.188. The van der Waals surface area contributed by atoms with Crippen LogP contribution >= 0.6 is 11.8 Å². The van der Waals surface area contributed by atoms with Crippen molar-refractivity contribution in [2.45, 2.75) is 43.8 Å². The number of aliphatic hydroxyl groups is 1. The quantitative estimate of drug-likeness (QED) is 0.588. The summed E-state index contributed by atoms with van der Waals surface area (Å²) in [5.74, 6) is -0.610. The van der Waals surface area contributed by atoms with E-state index in [1.165, 1.54) is 0 Å². The molecule has 3 aliphatic rings. The summed E-state index contributed by atoms with van der Waals surface area (Å²) in [7, 11) is 2.12. The third-order valence-corrected chi connectivity index (χ3v) is 7.14. The van der Waals surface area contributed by atoms with E-state index in [0.29, 0.717) is 21.7 Å². The molecule has 0 radical (unpaired) electrons. The molecule has 1 aromatic heterocycles. The van der Waals surface area contributed by atoms with Gasteiger partial charge in [-0.1, -0.05) is 11.8 Å². The molecule has 0 bridgehead atoms. The first-order valence-corrected chi connectivity index (χ1v) is 8.85. The molecular formula is C15H22N4O3S+2. The molecule has 0 spiro atoms. The summed E-state index contributed by atoms with van der Waals surface area (Å²) < 4.78 is 4.82. The number of thioether (sulfide) groups is 1. The van der Waals surface area contributed by atoms with Crippen molar-refractivity contribution in [2.75, 3.05) is 13.6 Å². The Labute approximate surface area is 138 Å². The SMILES string of the molecule is C[C@@H](O)[C@H]1C[N@@+]2(C)C(SC3Cn4cnc[n+]4C3)=C(C(=O)O)C[C@@H]12. The van der Waals surface area contributed by atoms with Gasteiger partial charge in [0, 0.05) is 6.42 Å². The second kappa shape index (κ2) is 5.06. The number of aliphatic hydroxyl groups excluding tert-OH is 1. The van der Waals surface area contributed by atoms with Gasteiger partial charge in [-0.3, -0.25) is 4.48 Å². The molecule has 0 aliphatic carbocycles. The molecule has 3 aliphatic heterocycles. The average Bonchev–Trinajstić information content (AvgIpc) is 3.07. The molecule has 1 aromatic rings. The van der Waals surface area contributed by atoms with Crippen molar-refractivity contribution < 1.29 is 24.2 Å². The Kier molecular flexibility index (Phi) is 3.33. The summed E-state index contributed by atoms with van der Waals surface area (Å²) >= 11 is 1.71. The maximum atomic E-state index is 11.7. The summed E-state index contributed by atoms with van der Waals surface area (Å²) in [5, 5.41) is 20.9. The Balaban J connectivity index is 1.57. The minimum Gasteiger partial charge on any atom is -0.478 e. The van der Waals surface area contributed by atoms with Gasteiger partial charge >= 0.3 is 12.3 Å². The summed E-state index contributed by atoms with van der Waals surface area (Å²) in [4.78, 5) is 15.8. The Hall–Kier alpha value is -1.38. The van der Waals surface area contributed by atoms with E-state index in [2.05, 4.69) is 21.4 Å². The molecule has 124 valence electrons. The fraction of sp³-hybridized carbons (Fsp3) is 0.667. The van der Waals surface area contributed by atoms with E-state index in [1.54, 1.807) is 11.8 Å². The standard InChI is InChI=1S/C15H21N4O3S/c1-9(20)12-6-19(2)13(12)3-11(15(21)22)14(19)23-10-4-17-7-16-8-18(17)5-10/h7-10,12-13,20H,3-6H2,1-2H3/q+1/p+1/t9-,12-,13+,19-/m1/s1. The van der Waals surface area contributed by atoms with E-state index in [0.717, 1.165) is 24.7 Å². The third-order valence-electron chi connectivity index (χ3n) is 5.62. The van der Waals surface area contributed by atoms with Crippen LogP contribution in [0.15, 0.2) is 23.3 Å². The van der Waals surface area contributed by atoms with E-state index < -0.39 is 5.97 Å². The topological polar surface area (TPSA) is 79.2 Å². The number of aliphatic carboxylic acids is 1. The molecule has 2 N–H and O–H groups in total. The monoisotopic (exact) mass is 338 g/mol. The first-order chi connectivity index (χ1) is 10.9. The molecule has 1 saturated heterocycles. The number of carboxylic acid groups (broad SMARTS) is 1. The van der Waals surface area contributed by atoms with Gasteiger partial charge in [0.15, 0.2) is 5.03 Å². The predicted molar refractivity (Wildman–Crippen MR) is 83.1 cm³/mol. The Bertz CT molecular complexity index is 680. The molecule has 4 rings (SSSR count). The van der Waals surface area contributed by atoms with Gasteiger partial charge in [0.25, 0.3) is 0 Å². The zero-order valence-corrected chi connectivity index (χ0v) is 14.1. The van der Waals surface area contributed by atoms with Gasteiger partial charge in [-0.15, -0.1) is 0 Å². The molecule has 7 nitrogen and oxygen atoms in total. The molecule has 0 saturated carbocycles. The zero-order chi connectivity index (χ0) is 16.4. The maximum absolute atomic E-state index is 11.7. The summed E-state index contributed by atoms with van der Waals surface area (Å²) in [5.41, 5.74) is 0.547. The van der Waals surface area contributed by atoms with Crippen molar-refractivity contribution >= 4 is 17.7 Å². The van der Waals surface area contributed by atoms with Crippen LogP contribution in [-0.2, 0) is 17.9 Å². The van der Waals surface area contributed by atoms with Gasteiger partial charge < -0.3 is 10.2 Å². The highest BCUT2D eigenvalue weighted by atomic mass is 32.2. The molecule has 4 atom stereocenters. The number of quaternary nitrogens is 1. The van der Waals surface area contributed by atoms with Crippen molar-refractivity contribution in [1.82, 2.24) is 9.67 Å². The molecule has 0 amide bonds. The number of carboxylic acids is 1. The van der Waals surface area contributed by atoms with Crippen LogP contribution in [0.4, 0.5) is 0 Å². The maximum Gasteiger partial charge on any atom is 0.338 e. The van der Waals surface area contributed by atoms with Crippen LogP contribution < -0.4 is 4.68 Å². The molecule has 4 heterocycles. The van der Waals surface area contributed by atoms with Gasteiger partial charge in [-0.25, -0.2) is 4.79 Å². The van der Waals surface area contributed by atoms with Gasteiger partial charge in [0.2, 0.25) is 6.33 Å². The van der Waals surface area contributed by atoms with E-state index in [9.17, 15) is 15.0 Å². The number of nitrogens with zero attached hydrogens (tertiary/aromatic N) is 4. The number of carbonyl (C=O) groups is 1. The smallest absolute Gasteiger partial charge is 0.338 e. The molecule has 0 aromatic carbocycles. The van der Waals surface area contributed by atoms with Gasteiger partial charge in [-0.2, -0.15) is 9.36 Å². The minimum absolute atomic E-state index is 0.198. The number of hydrogen-bond donors (Lipinski definition) is 2. The van der Waals surface area contributed by atoms with Crippen molar-refractivity contribution in [2.24, 2.45) is 5.92 Å². The van der Waals surface area contributed by atoms with Gasteiger partial charge in [0.1, 0.15) is 18.2 Å². The fourth-order valence-corrected chi connectivity index (χ4v) is 5.88. The zero-order valence-electron chi connectivity index (χ0n) is 13.3. The summed E-state index contributed by atoms with van der Waals surface area (Å²) in [6.45, 7) is 4.35. The lowest BCUT2D eigenvalue weighted by Crippen LogP contribution is -2.67. The second-order valence-electron chi connectivity index (χ2n) is 7.08. The molecule has 8 heteroatoms. The lowest BCUT2D eigenvalue weighted by Gasteiger charge is -2.52. The van der Waals surface area contributed by atoms with E-state index in [4.69, 9.17) is 0 Å². The number of aromatic nitrogens is 3. The van der Waals surface area contributed by atoms with E-state index >= 15 is 0 Å². The first kappa shape index (κ1) is 15.2. The van der Waals surface area contributed by atoms with Crippen molar-refractivity contribution in [3.8, 4) is 0 Å². The number of fused-ring (bicyclic) bond motifs is 2. The van der Waals surface area contributed by atoms with Gasteiger partial charge in [-0.05, 0) is 11.9 Å². The Morgan fingerprint density at radius 1 is 1.61 bits per heavy atom. The lowest BCUT2D eigenvalue weighted by molar-refractivity contribution is -0.939. The second-order valence-corrected chi connectivity index (χ2v) is 8.37. The van der Waals surface area contributed by atoms with Gasteiger partial charge in [0.05, 0.1) is 37.4 Å². The molecule has 1 fully saturated rings. The highest BCUT2D eigenvalue weighted by molar-refractivity contribution is 8.03. The minimum atomic E-state index is -0.808. The van der Waals surface area contributed by atoms with Crippen LogP contribution in [0.2, 0.25) is 0 Å². The molecule has 0 unspecified atom stereocenters. The van der Waals surface area contributed by atoms with Crippen molar-refractivity contribution in [3.63, 3.8) is 0 Å².